The highest BCUT2D eigenvalue weighted by Gasteiger charge is 2.33. The summed E-state index contributed by atoms with van der Waals surface area (Å²) in [5.41, 5.74) is 0. The van der Waals surface area contributed by atoms with Gasteiger partial charge >= 0.3 is 6.18 Å². The SMILES string of the molecule is CCCN(CC(F)(F)F)C(=O)c1cc(Br)c(Br)s1. The number of amides is 1. The van der Waals surface area contributed by atoms with E-state index >= 15 is 0 Å². The number of hydrogen-bond acceptors (Lipinski definition) is 2. The summed E-state index contributed by atoms with van der Waals surface area (Å²) in [4.78, 5) is 13.1. The monoisotopic (exact) mass is 407 g/mol. The highest BCUT2D eigenvalue weighted by atomic mass is 79.9. The molecule has 1 aromatic rings. The Hall–Kier alpha value is -0.0800. The van der Waals surface area contributed by atoms with Gasteiger partial charge in [0.25, 0.3) is 5.91 Å². The van der Waals surface area contributed by atoms with Crippen LogP contribution in [0.4, 0.5) is 13.2 Å². The predicted octanol–water partition coefficient (Wildman–Crippen LogP) is 4.69. The molecule has 0 atom stereocenters. The number of thiophene rings is 1. The molecule has 2 nitrogen and oxygen atoms in total. The smallest absolute Gasteiger partial charge is 0.329 e. The van der Waals surface area contributed by atoms with Gasteiger partial charge in [0, 0.05) is 11.0 Å². The first-order valence-corrected chi connectivity index (χ1v) is 7.45. The first kappa shape index (κ1) is 16.0. The summed E-state index contributed by atoms with van der Waals surface area (Å²) < 4.78 is 38.5. The highest BCUT2D eigenvalue weighted by Crippen LogP contribution is 2.33. The number of halogens is 5. The molecule has 0 aliphatic heterocycles. The number of nitrogens with zero attached hydrogens (tertiary/aromatic N) is 1. The van der Waals surface area contributed by atoms with Gasteiger partial charge in [0.05, 0.1) is 8.66 Å². The van der Waals surface area contributed by atoms with Crippen molar-refractivity contribution >= 4 is 49.1 Å². The largest absolute Gasteiger partial charge is 0.406 e. The molecule has 1 rings (SSSR count). The van der Waals surface area contributed by atoms with Gasteiger partial charge in [-0.2, -0.15) is 13.2 Å². The van der Waals surface area contributed by atoms with Crippen molar-refractivity contribution in [2.24, 2.45) is 0 Å². The van der Waals surface area contributed by atoms with Crippen LogP contribution >= 0.6 is 43.2 Å². The van der Waals surface area contributed by atoms with Crippen LogP contribution < -0.4 is 0 Å². The van der Waals surface area contributed by atoms with E-state index in [-0.39, 0.29) is 11.4 Å². The Morgan fingerprint density at radius 1 is 1.44 bits per heavy atom. The van der Waals surface area contributed by atoms with Crippen molar-refractivity contribution < 1.29 is 18.0 Å². The molecule has 0 aromatic carbocycles. The lowest BCUT2D eigenvalue weighted by Crippen LogP contribution is -2.39. The first-order valence-electron chi connectivity index (χ1n) is 5.05. The van der Waals surface area contributed by atoms with Gasteiger partial charge in [-0.05, 0) is 44.3 Å². The van der Waals surface area contributed by atoms with Crippen molar-refractivity contribution in [3.05, 3.63) is 19.2 Å². The number of carbonyl (C=O) groups is 1. The molecular weight excluding hydrogens is 399 g/mol. The van der Waals surface area contributed by atoms with Crippen LogP contribution in [0, 0.1) is 0 Å². The third kappa shape index (κ3) is 4.55. The molecule has 0 bridgehead atoms. The minimum atomic E-state index is -4.38. The molecule has 102 valence electrons. The molecule has 0 unspecified atom stereocenters. The average Bonchev–Trinajstić information content (AvgIpc) is 2.56. The molecule has 1 heterocycles. The van der Waals surface area contributed by atoms with Crippen LogP contribution in [0.1, 0.15) is 23.0 Å². The van der Waals surface area contributed by atoms with E-state index in [0.29, 0.717) is 14.7 Å². The lowest BCUT2D eigenvalue weighted by molar-refractivity contribution is -0.140. The predicted molar refractivity (Wildman–Crippen MR) is 72.0 cm³/mol. The van der Waals surface area contributed by atoms with Crippen molar-refractivity contribution in [2.75, 3.05) is 13.1 Å². The Bertz CT molecular complexity index is 414. The van der Waals surface area contributed by atoms with Gasteiger partial charge in [0.1, 0.15) is 6.54 Å². The summed E-state index contributed by atoms with van der Waals surface area (Å²) in [5, 5.41) is 0. The summed E-state index contributed by atoms with van der Waals surface area (Å²) in [6.45, 7) is 0.606. The number of rotatable bonds is 4. The normalized spacial score (nSPS) is 11.7. The van der Waals surface area contributed by atoms with E-state index in [2.05, 4.69) is 31.9 Å². The zero-order valence-electron chi connectivity index (χ0n) is 9.35. The second-order valence-electron chi connectivity index (χ2n) is 3.57. The summed E-state index contributed by atoms with van der Waals surface area (Å²) in [6.07, 6.45) is -3.90. The van der Waals surface area contributed by atoms with Gasteiger partial charge < -0.3 is 4.90 Å². The summed E-state index contributed by atoms with van der Waals surface area (Å²) in [7, 11) is 0. The quantitative estimate of drug-likeness (QED) is 0.707. The van der Waals surface area contributed by atoms with Gasteiger partial charge in [-0.3, -0.25) is 4.79 Å². The van der Waals surface area contributed by atoms with E-state index in [4.69, 9.17) is 0 Å². The van der Waals surface area contributed by atoms with E-state index in [0.717, 1.165) is 16.2 Å². The first-order chi connectivity index (χ1) is 8.24. The molecule has 0 radical (unpaired) electrons. The molecule has 18 heavy (non-hydrogen) atoms. The molecule has 1 aromatic heterocycles. The maximum atomic E-state index is 12.4. The zero-order chi connectivity index (χ0) is 13.9. The Kier molecular flexibility index (Phi) is 5.67. The number of hydrogen-bond donors (Lipinski definition) is 0. The maximum Gasteiger partial charge on any atom is 0.406 e. The zero-order valence-corrected chi connectivity index (χ0v) is 13.3. The van der Waals surface area contributed by atoms with Crippen molar-refractivity contribution in [3.63, 3.8) is 0 Å². The van der Waals surface area contributed by atoms with Crippen LogP contribution in [0.15, 0.2) is 14.3 Å². The Labute approximate surface area is 123 Å². The summed E-state index contributed by atoms with van der Waals surface area (Å²) >= 11 is 7.53. The van der Waals surface area contributed by atoms with Crippen LogP contribution in [0.3, 0.4) is 0 Å². The van der Waals surface area contributed by atoms with Gasteiger partial charge in [-0.25, -0.2) is 0 Å². The molecule has 0 spiro atoms. The molecular formula is C10H10Br2F3NOS. The molecule has 0 N–H and O–H groups in total. The highest BCUT2D eigenvalue weighted by molar-refractivity contribution is 9.13. The van der Waals surface area contributed by atoms with Gasteiger partial charge in [-0.15, -0.1) is 11.3 Å². The van der Waals surface area contributed by atoms with Gasteiger partial charge in [-0.1, -0.05) is 6.92 Å². The van der Waals surface area contributed by atoms with Crippen molar-refractivity contribution in [1.82, 2.24) is 4.90 Å². The van der Waals surface area contributed by atoms with Gasteiger partial charge in [0.2, 0.25) is 0 Å². The van der Waals surface area contributed by atoms with Crippen molar-refractivity contribution in [2.45, 2.75) is 19.5 Å². The van der Waals surface area contributed by atoms with E-state index in [1.54, 1.807) is 6.92 Å². The Morgan fingerprint density at radius 3 is 2.44 bits per heavy atom. The number of alkyl halides is 3. The fourth-order valence-electron chi connectivity index (χ4n) is 1.35. The van der Waals surface area contributed by atoms with Crippen LogP contribution in [0.2, 0.25) is 0 Å². The third-order valence-corrected chi connectivity index (χ3v) is 5.25. The second-order valence-corrected chi connectivity index (χ2v) is 6.80. The van der Waals surface area contributed by atoms with E-state index in [1.165, 1.54) is 6.07 Å². The average molecular weight is 409 g/mol. The minimum absolute atomic E-state index is 0.0888. The topological polar surface area (TPSA) is 20.3 Å². The van der Waals surface area contributed by atoms with Crippen LogP contribution in [-0.4, -0.2) is 30.1 Å². The van der Waals surface area contributed by atoms with E-state index < -0.39 is 18.6 Å². The molecule has 0 aliphatic rings. The summed E-state index contributed by atoms with van der Waals surface area (Å²) in [5.74, 6) is -0.592. The van der Waals surface area contributed by atoms with Crippen LogP contribution in [0.5, 0.6) is 0 Å². The van der Waals surface area contributed by atoms with Crippen LogP contribution in [0.25, 0.3) is 0 Å². The van der Waals surface area contributed by atoms with Gasteiger partial charge in [0.15, 0.2) is 0 Å². The molecule has 1 amide bonds. The van der Waals surface area contributed by atoms with Crippen molar-refractivity contribution in [3.8, 4) is 0 Å². The summed E-state index contributed by atoms with van der Waals surface area (Å²) in [6, 6.07) is 1.52. The lowest BCUT2D eigenvalue weighted by Gasteiger charge is -2.22. The second kappa shape index (κ2) is 6.38. The van der Waals surface area contributed by atoms with E-state index in [9.17, 15) is 18.0 Å². The molecule has 0 saturated carbocycles. The van der Waals surface area contributed by atoms with Crippen LogP contribution in [-0.2, 0) is 0 Å². The molecule has 0 saturated heterocycles. The lowest BCUT2D eigenvalue weighted by atomic mass is 10.3. The molecule has 0 fully saturated rings. The fourth-order valence-corrected chi connectivity index (χ4v) is 3.35. The molecule has 0 aliphatic carbocycles. The minimum Gasteiger partial charge on any atom is -0.329 e. The van der Waals surface area contributed by atoms with Crippen molar-refractivity contribution in [1.29, 1.82) is 0 Å². The van der Waals surface area contributed by atoms with E-state index in [1.807, 2.05) is 0 Å². The maximum absolute atomic E-state index is 12.4. The fraction of sp³-hybridized carbons (Fsp3) is 0.500. The number of carbonyl (C=O) groups excluding carboxylic acids is 1. The molecule has 8 heteroatoms. The Balaban J connectivity index is 2.88. The standard InChI is InChI=1S/C10H10Br2F3NOS/c1-2-3-16(5-10(13,14)15)9(17)7-4-6(11)8(12)18-7/h4H,2-3,5H2,1H3. The third-order valence-electron chi connectivity index (χ3n) is 2.01. The Morgan fingerprint density at radius 2 is 2.06 bits per heavy atom.